The standard InChI is InChI=1S/C19H17BrN2O4/c1-24-15-8-13-14(9-16(15)25-2)21-10-22-18(13)17(19(23)26-3)11-5-4-6-12(20)7-11/h4-10,17H,1-3H3. The van der Waals surface area contributed by atoms with Crippen molar-refractivity contribution in [3.8, 4) is 11.5 Å². The lowest BCUT2D eigenvalue weighted by Crippen LogP contribution is -2.17. The quantitative estimate of drug-likeness (QED) is 0.590. The monoisotopic (exact) mass is 416 g/mol. The van der Waals surface area contributed by atoms with E-state index < -0.39 is 11.9 Å². The van der Waals surface area contributed by atoms with E-state index in [2.05, 4.69) is 25.9 Å². The first-order valence-corrected chi connectivity index (χ1v) is 8.58. The number of carbonyl (C=O) groups is 1. The second-order valence-corrected chi connectivity index (χ2v) is 6.41. The van der Waals surface area contributed by atoms with Gasteiger partial charge >= 0.3 is 5.97 Å². The van der Waals surface area contributed by atoms with Crippen LogP contribution in [0.5, 0.6) is 11.5 Å². The van der Waals surface area contributed by atoms with Gasteiger partial charge in [-0.1, -0.05) is 28.1 Å². The first-order valence-electron chi connectivity index (χ1n) is 7.79. The second kappa shape index (κ2) is 7.70. The molecular weight excluding hydrogens is 400 g/mol. The second-order valence-electron chi connectivity index (χ2n) is 5.49. The number of carbonyl (C=O) groups excluding carboxylic acids is 1. The number of methoxy groups -OCH3 is 3. The van der Waals surface area contributed by atoms with E-state index in [1.807, 2.05) is 24.3 Å². The van der Waals surface area contributed by atoms with Crippen LogP contribution in [0, 0.1) is 0 Å². The van der Waals surface area contributed by atoms with Gasteiger partial charge in [-0.3, -0.25) is 4.79 Å². The van der Waals surface area contributed by atoms with Crippen LogP contribution in [0.15, 0.2) is 47.2 Å². The Morgan fingerprint density at radius 1 is 1.04 bits per heavy atom. The number of benzene rings is 2. The van der Waals surface area contributed by atoms with Gasteiger partial charge in [-0.15, -0.1) is 0 Å². The highest BCUT2D eigenvalue weighted by molar-refractivity contribution is 9.10. The van der Waals surface area contributed by atoms with Gasteiger partial charge in [-0.25, -0.2) is 9.97 Å². The lowest BCUT2D eigenvalue weighted by molar-refractivity contribution is -0.141. The third-order valence-corrected chi connectivity index (χ3v) is 4.56. The Hall–Kier alpha value is -2.67. The van der Waals surface area contributed by atoms with Crippen molar-refractivity contribution in [3.63, 3.8) is 0 Å². The molecule has 1 heterocycles. The molecule has 7 heteroatoms. The summed E-state index contributed by atoms with van der Waals surface area (Å²) in [6.07, 6.45) is 1.43. The summed E-state index contributed by atoms with van der Waals surface area (Å²) in [4.78, 5) is 21.3. The maximum Gasteiger partial charge on any atom is 0.319 e. The molecule has 0 spiro atoms. The van der Waals surface area contributed by atoms with E-state index in [1.54, 1.807) is 26.4 Å². The van der Waals surface area contributed by atoms with Crippen molar-refractivity contribution >= 4 is 32.8 Å². The molecule has 0 fully saturated rings. The van der Waals surface area contributed by atoms with Gasteiger partial charge in [0.15, 0.2) is 11.5 Å². The molecule has 3 rings (SSSR count). The molecule has 0 N–H and O–H groups in total. The van der Waals surface area contributed by atoms with E-state index in [4.69, 9.17) is 14.2 Å². The van der Waals surface area contributed by atoms with E-state index in [1.165, 1.54) is 13.4 Å². The predicted molar refractivity (Wildman–Crippen MR) is 101 cm³/mol. The van der Waals surface area contributed by atoms with Crippen LogP contribution in [0.4, 0.5) is 0 Å². The molecule has 6 nitrogen and oxygen atoms in total. The van der Waals surface area contributed by atoms with Crippen molar-refractivity contribution in [2.24, 2.45) is 0 Å². The molecule has 0 radical (unpaired) electrons. The van der Waals surface area contributed by atoms with E-state index in [9.17, 15) is 4.79 Å². The minimum atomic E-state index is -0.693. The van der Waals surface area contributed by atoms with Crippen molar-refractivity contribution in [1.82, 2.24) is 9.97 Å². The normalized spacial score (nSPS) is 11.8. The predicted octanol–water partition coefficient (Wildman–Crippen LogP) is 3.71. The molecule has 0 bridgehead atoms. The third kappa shape index (κ3) is 3.35. The minimum Gasteiger partial charge on any atom is -0.493 e. The number of halogens is 1. The molecular formula is C19H17BrN2O4. The van der Waals surface area contributed by atoms with Crippen LogP contribution in [0.1, 0.15) is 17.2 Å². The summed E-state index contributed by atoms with van der Waals surface area (Å²) < 4.78 is 16.6. The van der Waals surface area contributed by atoms with Crippen molar-refractivity contribution in [2.45, 2.75) is 5.92 Å². The van der Waals surface area contributed by atoms with Crippen LogP contribution in [0.2, 0.25) is 0 Å². The fourth-order valence-corrected chi connectivity index (χ4v) is 3.26. The molecule has 0 amide bonds. The number of hydrogen-bond donors (Lipinski definition) is 0. The number of aromatic nitrogens is 2. The zero-order valence-electron chi connectivity index (χ0n) is 14.5. The van der Waals surface area contributed by atoms with Crippen LogP contribution in [0.25, 0.3) is 10.9 Å². The van der Waals surface area contributed by atoms with Gasteiger partial charge in [0.25, 0.3) is 0 Å². The summed E-state index contributed by atoms with van der Waals surface area (Å²) in [5.41, 5.74) is 1.96. The van der Waals surface area contributed by atoms with Crippen molar-refractivity contribution in [2.75, 3.05) is 21.3 Å². The smallest absolute Gasteiger partial charge is 0.319 e. The Kier molecular flexibility index (Phi) is 5.37. The molecule has 0 aliphatic heterocycles. The maximum atomic E-state index is 12.6. The van der Waals surface area contributed by atoms with Crippen LogP contribution in [0.3, 0.4) is 0 Å². The van der Waals surface area contributed by atoms with Gasteiger partial charge in [-0.2, -0.15) is 0 Å². The van der Waals surface area contributed by atoms with Gasteiger partial charge < -0.3 is 14.2 Å². The lowest BCUT2D eigenvalue weighted by atomic mass is 9.93. The van der Waals surface area contributed by atoms with Crippen LogP contribution in [-0.4, -0.2) is 37.3 Å². The van der Waals surface area contributed by atoms with Crippen molar-refractivity contribution in [1.29, 1.82) is 0 Å². The Balaban J connectivity index is 2.27. The molecule has 26 heavy (non-hydrogen) atoms. The first-order chi connectivity index (χ1) is 12.6. The molecule has 3 aromatic rings. The van der Waals surface area contributed by atoms with Gasteiger partial charge in [0, 0.05) is 15.9 Å². The Morgan fingerprint density at radius 2 is 1.77 bits per heavy atom. The molecule has 1 aromatic heterocycles. The fourth-order valence-electron chi connectivity index (χ4n) is 2.84. The molecule has 0 aliphatic carbocycles. The SMILES string of the molecule is COC(=O)C(c1cccc(Br)c1)c1ncnc2cc(OC)c(OC)cc12. The van der Waals surface area contributed by atoms with Crippen molar-refractivity contribution in [3.05, 3.63) is 58.5 Å². The van der Waals surface area contributed by atoms with E-state index in [-0.39, 0.29) is 0 Å². The zero-order valence-corrected chi connectivity index (χ0v) is 16.1. The summed E-state index contributed by atoms with van der Waals surface area (Å²) in [5, 5.41) is 0.695. The number of nitrogens with zero attached hydrogens (tertiary/aromatic N) is 2. The maximum absolute atomic E-state index is 12.6. The third-order valence-electron chi connectivity index (χ3n) is 4.06. The topological polar surface area (TPSA) is 70.5 Å². The van der Waals surface area contributed by atoms with Gasteiger partial charge in [0.2, 0.25) is 0 Å². The number of rotatable bonds is 5. The van der Waals surface area contributed by atoms with Crippen LogP contribution < -0.4 is 9.47 Å². The molecule has 1 atom stereocenters. The summed E-state index contributed by atoms with van der Waals surface area (Å²) >= 11 is 3.44. The average Bonchev–Trinajstić information content (AvgIpc) is 2.67. The number of ether oxygens (including phenoxy) is 3. The Labute approximate surface area is 159 Å². The Morgan fingerprint density at radius 3 is 2.42 bits per heavy atom. The minimum absolute atomic E-state index is 0.405. The molecule has 0 saturated heterocycles. The highest BCUT2D eigenvalue weighted by atomic mass is 79.9. The van der Waals surface area contributed by atoms with E-state index >= 15 is 0 Å². The van der Waals surface area contributed by atoms with E-state index in [0.717, 1.165) is 10.0 Å². The summed E-state index contributed by atoms with van der Waals surface area (Å²) in [6.45, 7) is 0. The van der Waals surface area contributed by atoms with Gasteiger partial charge in [0.05, 0.1) is 32.5 Å². The number of esters is 1. The van der Waals surface area contributed by atoms with Gasteiger partial charge in [-0.05, 0) is 23.8 Å². The highest BCUT2D eigenvalue weighted by Gasteiger charge is 2.28. The molecule has 1 unspecified atom stereocenters. The summed E-state index contributed by atoms with van der Waals surface area (Å²) in [5.74, 6) is -0.00498. The fraction of sp³-hybridized carbons (Fsp3) is 0.211. The largest absolute Gasteiger partial charge is 0.493 e. The molecule has 2 aromatic carbocycles. The van der Waals surface area contributed by atoms with Gasteiger partial charge in [0.1, 0.15) is 12.2 Å². The summed E-state index contributed by atoms with van der Waals surface area (Å²) in [6, 6.07) is 11.0. The van der Waals surface area contributed by atoms with Crippen molar-refractivity contribution < 1.29 is 19.0 Å². The number of fused-ring (bicyclic) bond motifs is 1. The lowest BCUT2D eigenvalue weighted by Gasteiger charge is -2.17. The molecule has 0 aliphatic rings. The highest BCUT2D eigenvalue weighted by Crippen LogP contribution is 2.36. The van der Waals surface area contributed by atoms with Crippen LogP contribution >= 0.6 is 15.9 Å². The summed E-state index contributed by atoms with van der Waals surface area (Å²) in [7, 11) is 4.48. The number of hydrogen-bond acceptors (Lipinski definition) is 6. The molecule has 134 valence electrons. The first kappa shape index (κ1) is 18.1. The average molecular weight is 417 g/mol. The zero-order chi connectivity index (χ0) is 18.7. The van der Waals surface area contributed by atoms with Crippen LogP contribution in [-0.2, 0) is 9.53 Å². The Bertz CT molecular complexity index is 961. The molecule has 0 saturated carbocycles. The van der Waals surface area contributed by atoms with E-state index in [0.29, 0.717) is 28.1 Å².